The number of carbonyl (C=O) groups excluding carboxylic acids is 2. The molecule has 1 amide bonds. The third kappa shape index (κ3) is 2.36. The van der Waals surface area contributed by atoms with Crippen LogP contribution in [0.4, 0.5) is 4.79 Å². The number of amides is 1. The van der Waals surface area contributed by atoms with E-state index in [2.05, 4.69) is 5.32 Å². The number of fused-ring (bicyclic) bond motifs is 2. The summed E-state index contributed by atoms with van der Waals surface area (Å²) in [5.41, 5.74) is -0.480. The first-order chi connectivity index (χ1) is 7.35. The van der Waals surface area contributed by atoms with E-state index < -0.39 is 11.7 Å². The van der Waals surface area contributed by atoms with Gasteiger partial charge in [-0.1, -0.05) is 0 Å². The Labute approximate surface area is 95.7 Å². The highest BCUT2D eigenvalue weighted by molar-refractivity contribution is 5.86. The van der Waals surface area contributed by atoms with Crippen molar-refractivity contribution in [1.82, 2.24) is 5.32 Å². The van der Waals surface area contributed by atoms with Crippen LogP contribution < -0.4 is 5.32 Å². The van der Waals surface area contributed by atoms with Crippen molar-refractivity contribution in [3.8, 4) is 0 Å². The summed E-state index contributed by atoms with van der Waals surface area (Å²) in [5, 5.41) is 2.82. The van der Waals surface area contributed by atoms with E-state index >= 15 is 0 Å². The highest BCUT2D eigenvalue weighted by Gasteiger charge is 2.46. The van der Waals surface area contributed by atoms with E-state index in [4.69, 9.17) is 4.74 Å². The molecule has 3 unspecified atom stereocenters. The van der Waals surface area contributed by atoms with Crippen LogP contribution >= 0.6 is 0 Å². The molecular formula is C12H19NO3. The van der Waals surface area contributed by atoms with Gasteiger partial charge in [0, 0.05) is 18.4 Å². The molecule has 2 bridgehead atoms. The number of rotatable bonds is 1. The molecule has 0 aromatic rings. The van der Waals surface area contributed by atoms with Crippen molar-refractivity contribution in [3.63, 3.8) is 0 Å². The van der Waals surface area contributed by atoms with Crippen LogP contribution in [-0.4, -0.2) is 23.5 Å². The fourth-order valence-electron chi connectivity index (χ4n) is 2.72. The molecule has 0 radical (unpaired) electrons. The summed E-state index contributed by atoms with van der Waals surface area (Å²) in [7, 11) is 0. The van der Waals surface area contributed by atoms with Gasteiger partial charge in [0.1, 0.15) is 11.4 Å². The lowest BCUT2D eigenvalue weighted by atomic mass is 9.94. The number of Topliss-reactive ketones (excluding diaryl/α,β-unsaturated/α-hetero) is 1. The van der Waals surface area contributed by atoms with Crippen LogP contribution in [0.25, 0.3) is 0 Å². The van der Waals surface area contributed by atoms with Crippen molar-refractivity contribution in [2.45, 2.75) is 51.7 Å². The number of carbonyl (C=O) groups is 2. The van der Waals surface area contributed by atoms with E-state index in [1.54, 1.807) is 0 Å². The lowest BCUT2D eigenvalue weighted by Gasteiger charge is -2.25. The summed E-state index contributed by atoms with van der Waals surface area (Å²) in [6, 6.07) is 0.00102. The van der Waals surface area contributed by atoms with Gasteiger partial charge in [-0.15, -0.1) is 0 Å². The number of alkyl carbamates (subject to hydrolysis) is 1. The molecule has 1 N–H and O–H groups in total. The van der Waals surface area contributed by atoms with Crippen molar-refractivity contribution in [3.05, 3.63) is 0 Å². The van der Waals surface area contributed by atoms with Crippen molar-refractivity contribution in [2.75, 3.05) is 0 Å². The molecule has 4 heteroatoms. The molecule has 0 aliphatic heterocycles. The fourth-order valence-corrected chi connectivity index (χ4v) is 2.72. The summed E-state index contributed by atoms with van der Waals surface area (Å²) in [5.74, 6) is 0.826. The number of ketones is 1. The zero-order valence-corrected chi connectivity index (χ0v) is 10.1. The van der Waals surface area contributed by atoms with E-state index in [-0.39, 0.29) is 12.0 Å². The highest BCUT2D eigenvalue weighted by atomic mass is 16.6. The maximum atomic E-state index is 11.6. The molecule has 2 aliphatic rings. The van der Waals surface area contributed by atoms with Crippen LogP contribution in [0.3, 0.4) is 0 Å². The van der Waals surface area contributed by atoms with Gasteiger partial charge in [-0.25, -0.2) is 4.79 Å². The highest BCUT2D eigenvalue weighted by Crippen LogP contribution is 2.42. The second-order valence-corrected chi connectivity index (χ2v) is 5.87. The van der Waals surface area contributed by atoms with Gasteiger partial charge >= 0.3 is 6.09 Å². The predicted molar refractivity (Wildman–Crippen MR) is 59.0 cm³/mol. The maximum Gasteiger partial charge on any atom is 0.407 e. The van der Waals surface area contributed by atoms with Gasteiger partial charge in [0.15, 0.2) is 0 Å². The average molecular weight is 225 g/mol. The van der Waals surface area contributed by atoms with E-state index in [1.165, 1.54) is 0 Å². The second-order valence-electron chi connectivity index (χ2n) is 5.87. The SMILES string of the molecule is CC(C)(C)OC(=O)NC1CC2CC(=O)C1C2. The van der Waals surface area contributed by atoms with Crippen molar-refractivity contribution >= 4 is 11.9 Å². The van der Waals surface area contributed by atoms with Crippen molar-refractivity contribution < 1.29 is 14.3 Å². The number of nitrogens with one attached hydrogen (secondary N) is 1. The van der Waals surface area contributed by atoms with Crippen LogP contribution in [0.15, 0.2) is 0 Å². The molecule has 2 saturated carbocycles. The summed E-state index contributed by atoms with van der Waals surface area (Å²) in [6.07, 6.45) is 2.17. The van der Waals surface area contributed by atoms with Gasteiger partial charge in [0.05, 0.1) is 0 Å². The first-order valence-electron chi connectivity index (χ1n) is 5.87. The number of ether oxygens (including phenoxy) is 1. The minimum Gasteiger partial charge on any atom is -0.444 e. The average Bonchev–Trinajstić information content (AvgIpc) is 2.57. The summed E-state index contributed by atoms with van der Waals surface area (Å²) in [4.78, 5) is 23.1. The maximum absolute atomic E-state index is 11.6. The Morgan fingerprint density at radius 1 is 1.38 bits per heavy atom. The van der Waals surface area contributed by atoms with Gasteiger partial charge in [-0.3, -0.25) is 4.79 Å². The van der Waals surface area contributed by atoms with Gasteiger partial charge in [0.2, 0.25) is 0 Å². The standard InChI is InChI=1S/C12H19NO3/c1-12(2,3)16-11(15)13-9-5-7-4-8(9)10(14)6-7/h7-9H,4-6H2,1-3H3,(H,13,15). The Bertz CT molecular complexity index is 319. The molecule has 0 heterocycles. The van der Waals surface area contributed by atoms with Gasteiger partial charge in [-0.05, 0) is 39.5 Å². The van der Waals surface area contributed by atoms with Crippen LogP contribution in [0, 0.1) is 11.8 Å². The fraction of sp³-hybridized carbons (Fsp3) is 0.833. The Hall–Kier alpha value is -1.06. The van der Waals surface area contributed by atoms with E-state index in [9.17, 15) is 9.59 Å². The summed E-state index contributed by atoms with van der Waals surface area (Å²) >= 11 is 0. The number of hydrogen-bond acceptors (Lipinski definition) is 3. The summed E-state index contributed by atoms with van der Waals surface area (Å²) in [6.45, 7) is 5.50. The van der Waals surface area contributed by atoms with Crippen molar-refractivity contribution in [1.29, 1.82) is 0 Å². The first-order valence-corrected chi connectivity index (χ1v) is 5.87. The van der Waals surface area contributed by atoms with Crippen LogP contribution in [0.1, 0.15) is 40.0 Å². The lowest BCUT2D eigenvalue weighted by molar-refractivity contribution is -0.122. The first kappa shape index (κ1) is 11.4. The number of hydrogen-bond donors (Lipinski definition) is 1. The Morgan fingerprint density at radius 3 is 2.56 bits per heavy atom. The molecular weight excluding hydrogens is 206 g/mol. The minimum absolute atomic E-state index is 0.00102. The van der Waals surface area contributed by atoms with E-state index in [0.717, 1.165) is 12.8 Å². The molecule has 0 saturated heterocycles. The minimum atomic E-state index is -0.480. The zero-order valence-electron chi connectivity index (χ0n) is 10.1. The van der Waals surface area contributed by atoms with Crippen molar-refractivity contribution in [2.24, 2.45) is 11.8 Å². The van der Waals surface area contributed by atoms with E-state index in [1.807, 2.05) is 20.8 Å². The van der Waals surface area contributed by atoms with Crippen LogP contribution in [0.2, 0.25) is 0 Å². The predicted octanol–water partition coefficient (Wildman–Crippen LogP) is 1.88. The molecule has 0 aromatic carbocycles. The van der Waals surface area contributed by atoms with Gasteiger partial charge in [0.25, 0.3) is 0 Å². The molecule has 2 rings (SSSR count). The topological polar surface area (TPSA) is 55.4 Å². The van der Waals surface area contributed by atoms with Crippen LogP contribution in [-0.2, 0) is 9.53 Å². The molecule has 90 valence electrons. The Kier molecular flexibility index (Phi) is 2.68. The Balaban J connectivity index is 1.87. The largest absolute Gasteiger partial charge is 0.444 e. The van der Waals surface area contributed by atoms with Crippen LogP contribution in [0.5, 0.6) is 0 Å². The monoisotopic (exact) mass is 225 g/mol. The molecule has 2 aliphatic carbocycles. The third-order valence-corrected chi connectivity index (χ3v) is 3.27. The normalized spacial score (nSPS) is 32.9. The molecule has 2 fully saturated rings. The molecule has 0 spiro atoms. The Morgan fingerprint density at radius 2 is 2.06 bits per heavy atom. The molecule has 4 nitrogen and oxygen atoms in total. The zero-order chi connectivity index (χ0) is 11.9. The van der Waals surface area contributed by atoms with E-state index in [0.29, 0.717) is 18.1 Å². The summed E-state index contributed by atoms with van der Waals surface area (Å²) < 4.78 is 5.18. The second kappa shape index (κ2) is 3.75. The smallest absolute Gasteiger partial charge is 0.407 e. The lowest BCUT2D eigenvalue weighted by Crippen LogP contribution is -2.43. The third-order valence-electron chi connectivity index (χ3n) is 3.27. The molecule has 16 heavy (non-hydrogen) atoms. The quantitative estimate of drug-likeness (QED) is 0.741. The van der Waals surface area contributed by atoms with Gasteiger partial charge in [-0.2, -0.15) is 0 Å². The molecule has 0 aromatic heterocycles. The van der Waals surface area contributed by atoms with Gasteiger partial charge < -0.3 is 10.1 Å². The molecule has 3 atom stereocenters.